The van der Waals surface area contributed by atoms with E-state index in [0.717, 1.165) is 12.1 Å². The molecule has 3 aromatic rings. The Morgan fingerprint density at radius 1 is 1.12 bits per heavy atom. The molecule has 8 heteroatoms. The number of benzene rings is 2. The lowest BCUT2D eigenvalue weighted by Gasteiger charge is -2.13. The van der Waals surface area contributed by atoms with Gasteiger partial charge in [-0.2, -0.15) is 13.2 Å². The SMILES string of the molecule is C#CCOc1ccc(-c2ncccc2NC(=O)Cc2ccc(C(F)(F)F)cc2)cc1OC. The zero-order valence-corrected chi connectivity index (χ0v) is 17.1. The molecule has 0 radical (unpaired) electrons. The van der Waals surface area contributed by atoms with Gasteiger partial charge in [-0.1, -0.05) is 18.1 Å². The molecule has 0 unspecified atom stereocenters. The molecular formula is C24H19F3N2O3. The molecule has 0 spiro atoms. The number of ether oxygens (including phenoxy) is 2. The van der Waals surface area contributed by atoms with Crippen LogP contribution in [0.25, 0.3) is 11.3 Å². The molecule has 1 heterocycles. The maximum Gasteiger partial charge on any atom is 0.416 e. The number of nitrogens with one attached hydrogen (secondary N) is 1. The lowest BCUT2D eigenvalue weighted by Crippen LogP contribution is -2.15. The van der Waals surface area contributed by atoms with E-state index in [1.54, 1.807) is 36.5 Å². The molecule has 0 aliphatic heterocycles. The van der Waals surface area contributed by atoms with Crippen molar-refractivity contribution in [1.29, 1.82) is 0 Å². The number of hydrogen-bond donors (Lipinski definition) is 1. The van der Waals surface area contributed by atoms with E-state index in [1.165, 1.54) is 19.2 Å². The first-order valence-corrected chi connectivity index (χ1v) is 9.47. The fraction of sp³-hybridized carbons (Fsp3) is 0.167. The second-order valence-corrected chi connectivity index (χ2v) is 6.68. The number of carbonyl (C=O) groups is 1. The number of halogens is 3. The van der Waals surface area contributed by atoms with E-state index in [1.807, 2.05) is 0 Å². The van der Waals surface area contributed by atoms with Crippen LogP contribution in [0.15, 0.2) is 60.8 Å². The lowest BCUT2D eigenvalue weighted by molar-refractivity contribution is -0.137. The summed E-state index contributed by atoms with van der Waals surface area (Å²) in [6.07, 6.45) is 2.29. The van der Waals surface area contributed by atoms with Crippen molar-refractivity contribution >= 4 is 11.6 Å². The van der Waals surface area contributed by atoms with Crippen molar-refractivity contribution in [3.8, 4) is 35.1 Å². The average molecular weight is 440 g/mol. The van der Waals surface area contributed by atoms with E-state index < -0.39 is 11.7 Å². The van der Waals surface area contributed by atoms with Crippen molar-refractivity contribution in [2.75, 3.05) is 19.0 Å². The van der Waals surface area contributed by atoms with Crippen molar-refractivity contribution in [3.05, 3.63) is 71.9 Å². The summed E-state index contributed by atoms with van der Waals surface area (Å²) in [6.45, 7) is 0.0878. The van der Waals surface area contributed by atoms with E-state index in [0.29, 0.717) is 34.0 Å². The van der Waals surface area contributed by atoms with Crippen molar-refractivity contribution < 1.29 is 27.4 Å². The highest BCUT2D eigenvalue weighted by Gasteiger charge is 2.30. The molecule has 0 bridgehead atoms. The Morgan fingerprint density at radius 2 is 1.88 bits per heavy atom. The quantitative estimate of drug-likeness (QED) is 0.527. The minimum atomic E-state index is -4.42. The number of alkyl halides is 3. The Balaban J connectivity index is 1.78. The summed E-state index contributed by atoms with van der Waals surface area (Å²) in [6, 6.07) is 13.0. The summed E-state index contributed by atoms with van der Waals surface area (Å²) in [5.41, 5.74) is 1.30. The van der Waals surface area contributed by atoms with Crippen molar-refractivity contribution in [1.82, 2.24) is 4.98 Å². The first-order valence-electron chi connectivity index (χ1n) is 9.47. The van der Waals surface area contributed by atoms with E-state index in [2.05, 4.69) is 16.2 Å². The van der Waals surface area contributed by atoms with Crippen LogP contribution < -0.4 is 14.8 Å². The summed E-state index contributed by atoms with van der Waals surface area (Å²) in [4.78, 5) is 16.9. The molecule has 3 rings (SSSR count). The van der Waals surface area contributed by atoms with Crippen LogP contribution in [0.1, 0.15) is 11.1 Å². The highest BCUT2D eigenvalue weighted by molar-refractivity contribution is 5.95. The Hall–Kier alpha value is -3.99. The predicted molar refractivity (Wildman–Crippen MR) is 114 cm³/mol. The minimum absolute atomic E-state index is 0.0878. The van der Waals surface area contributed by atoms with Crippen LogP contribution in [0.4, 0.5) is 18.9 Å². The van der Waals surface area contributed by atoms with Gasteiger partial charge in [0.1, 0.15) is 6.61 Å². The number of amides is 1. The van der Waals surface area contributed by atoms with Crippen molar-refractivity contribution in [3.63, 3.8) is 0 Å². The predicted octanol–water partition coefficient (Wildman–Crippen LogP) is 4.97. The van der Waals surface area contributed by atoms with Crippen LogP contribution in [0, 0.1) is 12.3 Å². The largest absolute Gasteiger partial charge is 0.493 e. The summed E-state index contributed by atoms with van der Waals surface area (Å²) in [5, 5.41) is 2.77. The van der Waals surface area contributed by atoms with Crippen LogP contribution in [-0.2, 0) is 17.4 Å². The normalized spacial score (nSPS) is 10.8. The van der Waals surface area contributed by atoms with E-state index in [9.17, 15) is 18.0 Å². The molecule has 32 heavy (non-hydrogen) atoms. The summed E-state index contributed by atoms with van der Waals surface area (Å²) in [5.74, 6) is 2.91. The van der Waals surface area contributed by atoms with Crippen LogP contribution in [-0.4, -0.2) is 24.6 Å². The van der Waals surface area contributed by atoms with Gasteiger partial charge in [0.25, 0.3) is 0 Å². The van der Waals surface area contributed by atoms with Crippen molar-refractivity contribution in [2.45, 2.75) is 12.6 Å². The van der Waals surface area contributed by atoms with Gasteiger partial charge in [0, 0.05) is 11.8 Å². The number of pyridine rings is 1. The molecule has 0 atom stereocenters. The molecule has 1 amide bonds. The Kier molecular flexibility index (Phi) is 7.00. The Labute approximate surface area is 183 Å². The van der Waals surface area contributed by atoms with Gasteiger partial charge in [-0.25, -0.2) is 0 Å². The van der Waals surface area contributed by atoms with E-state index in [-0.39, 0.29) is 18.9 Å². The number of carbonyl (C=O) groups excluding carboxylic acids is 1. The molecule has 0 fully saturated rings. The number of hydrogen-bond acceptors (Lipinski definition) is 4. The third-order valence-corrected chi connectivity index (χ3v) is 4.48. The lowest BCUT2D eigenvalue weighted by atomic mass is 10.1. The Morgan fingerprint density at radius 3 is 2.53 bits per heavy atom. The van der Waals surface area contributed by atoms with Gasteiger partial charge in [0.15, 0.2) is 11.5 Å². The molecule has 0 aliphatic rings. The summed E-state index contributed by atoms with van der Waals surface area (Å²) < 4.78 is 48.9. The smallest absolute Gasteiger partial charge is 0.416 e. The number of aromatic nitrogens is 1. The number of anilines is 1. The molecule has 2 aromatic carbocycles. The first kappa shape index (κ1) is 22.7. The third kappa shape index (κ3) is 5.58. The summed E-state index contributed by atoms with van der Waals surface area (Å²) >= 11 is 0. The second-order valence-electron chi connectivity index (χ2n) is 6.68. The minimum Gasteiger partial charge on any atom is -0.493 e. The molecule has 5 nitrogen and oxygen atoms in total. The van der Waals surface area contributed by atoms with Crippen LogP contribution >= 0.6 is 0 Å². The van der Waals surface area contributed by atoms with Crippen molar-refractivity contribution in [2.24, 2.45) is 0 Å². The monoisotopic (exact) mass is 440 g/mol. The van der Waals surface area contributed by atoms with E-state index in [4.69, 9.17) is 15.9 Å². The number of nitrogens with zero attached hydrogens (tertiary/aromatic N) is 1. The van der Waals surface area contributed by atoms with Crippen LogP contribution in [0.2, 0.25) is 0 Å². The molecular weight excluding hydrogens is 421 g/mol. The third-order valence-electron chi connectivity index (χ3n) is 4.48. The second kappa shape index (κ2) is 9.88. The molecule has 1 aromatic heterocycles. The number of methoxy groups -OCH3 is 1. The van der Waals surface area contributed by atoms with Gasteiger partial charge in [-0.15, -0.1) is 6.42 Å². The summed E-state index contributed by atoms with van der Waals surface area (Å²) in [7, 11) is 1.49. The Bertz CT molecular complexity index is 1140. The van der Waals surface area contributed by atoms with Gasteiger partial charge in [0.05, 0.1) is 30.5 Å². The standard InChI is InChI=1S/C24H19F3N2O3/c1-3-13-32-20-11-8-17(15-21(20)31-2)23-19(5-4-12-28-23)29-22(30)14-16-6-9-18(10-7-16)24(25,26)27/h1,4-12,15H,13-14H2,2H3,(H,29,30). The zero-order valence-electron chi connectivity index (χ0n) is 17.1. The maximum absolute atomic E-state index is 12.7. The average Bonchev–Trinajstić information content (AvgIpc) is 2.77. The number of rotatable bonds is 7. The number of terminal acetylenes is 1. The fourth-order valence-electron chi connectivity index (χ4n) is 2.98. The fourth-order valence-corrected chi connectivity index (χ4v) is 2.98. The molecule has 164 valence electrons. The van der Waals surface area contributed by atoms with Gasteiger partial charge in [0.2, 0.25) is 5.91 Å². The highest BCUT2D eigenvalue weighted by atomic mass is 19.4. The van der Waals surface area contributed by atoms with Gasteiger partial charge >= 0.3 is 6.18 Å². The molecule has 0 aliphatic carbocycles. The first-order chi connectivity index (χ1) is 15.3. The zero-order chi connectivity index (χ0) is 23.1. The van der Waals surface area contributed by atoms with Gasteiger partial charge < -0.3 is 14.8 Å². The van der Waals surface area contributed by atoms with Crippen LogP contribution in [0.3, 0.4) is 0 Å². The van der Waals surface area contributed by atoms with Gasteiger partial charge in [-0.3, -0.25) is 9.78 Å². The highest BCUT2D eigenvalue weighted by Crippen LogP contribution is 2.34. The molecule has 1 N–H and O–H groups in total. The maximum atomic E-state index is 12.7. The molecule has 0 saturated heterocycles. The van der Waals surface area contributed by atoms with Crippen LogP contribution in [0.5, 0.6) is 11.5 Å². The molecule has 0 saturated carbocycles. The van der Waals surface area contributed by atoms with Gasteiger partial charge in [-0.05, 0) is 48.0 Å². The van der Waals surface area contributed by atoms with E-state index >= 15 is 0 Å². The topological polar surface area (TPSA) is 60.5 Å².